The zero-order valence-corrected chi connectivity index (χ0v) is 9.55. The molecule has 0 bridgehead atoms. The summed E-state index contributed by atoms with van der Waals surface area (Å²) in [5.41, 5.74) is 0.963. The van der Waals surface area contributed by atoms with Crippen LogP contribution in [0.4, 0.5) is 0 Å². The van der Waals surface area contributed by atoms with Crippen molar-refractivity contribution in [2.24, 2.45) is 5.41 Å². The first kappa shape index (κ1) is 11.3. The molecule has 0 unspecified atom stereocenters. The Kier molecular flexibility index (Phi) is 3.73. The van der Waals surface area contributed by atoms with Crippen molar-refractivity contribution < 1.29 is 4.79 Å². The van der Waals surface area contributed by atoms with Gasteiger partial charge in [0.15, 0.2) is 6.29 Å². The maximum absolute atomic E-state index is 11.0. The van der Waals surface area contributed by atoms with E-state index >= 15 is 0 Å². The molecule has 1 saturated heterocycles. The molecule has 0 spiro atoms. The molecule has 0 aromatic heterocycles. The van der Waals surface area contributed by atoms with Crippen molar-refractivity contribution in [3.8, 4) is 0 Å². The zero-order valence-electron chi connectivity index (χ0n) is 9.55. The van der Waals surface area contributed by atoms with Gasteiger partial charge in [0, 0.05) is 13.1 Å². The number of rotatable bonds is 2. The van der Waals surface area contributed by atoms with Crippen LogP contribution in [0.1, 0.15) is 40.0 Å². The van der Waals surface area contributed by atoms with Crippen LogP contribution in [0.3, 0.4) is 0 Å². The van der Waals surface area contributed by atoms with Crippen LogP contribution in [0, 0.1) is 5.41 Å². The molecule has 0 amide bonds. The standard InChI is InChI=1S/C12H21NO/c1-12(2,3)9-11(10-14)13-7-5-4-6-8-13/h9-10H,4-8H2,1-3H3/b11-9-. The smallest absolute Gasteiger partial charge is 0.165 e. The van der Waals surface area contributed by atoms with Crippen LogP contribution in [0.25, 0.3) is 0 Å². The lowest BCUT2D eigenvalue weighted by Crippen LogP contribution is -2.30. The molecule has 80 valence electrons. The summed E-state index contributed by atoms with van der Waals surface area (Å²) < 4.78 is 0. The molecular formula is C12H21NO. The molecular weight excluding hydrogens is 174 g/mol. The molecule has 0 radical (unpaired) electrons. The topological polar surface area (TPSA) is 20.3 Å². The second-order valence-electron chi connectivity index (χ2n) is 5.10. The van der Waals surface area contributed by atoms with Gasteiger partial charge in [0.05, 0.1) is 5.70 Å². The Bertz CT molecular complexity index is 219. The fourth-order valence-corrected chi connectivity index (χ4v) is 1.80. The van der Waals surface area contributed by atoms with Gasteiger partial charge in [-0.15, -0.1) is 0 Å². The monoisotopic (exact) mass is 195 g/mol. The number of nitrogens with zero attached hydrogens (tertiary/aromatic N) is 1. The molecule has 0 aromatic rings. The summed E-state index contributed by atoms with van der Waals surface area (Å²) in [4.78, 5) is 13.2. The van der Waals surface area contributed by atoms with Gasteiger partial charge in [0.25, 0.3) is 0 Å². The zero-order chi connectivity index (χ0) is 10.6. The highest BCUT2D eigenvalue weighted by atomic mass is 16.1. The summed E-state index contributed by atoms with van der Waals surface area (Å²) in [6, 6.07) is 0. The minimum atomic E-state index is 0.0910. The molecule has 2 heteroatoms. The molecule has 14 heavy (non-hydrogen) atoms. The number of aldehydes is 1. The molecule has 0 aliphatic carbocycles. The summed E-state index contributed by atoms with van der Waals surface area (Å²) in [6.45, 7) is 8.46. The van der Waals surface area contributed by atoms with Gasteiger partial charge in [-0.2, -0.15) is 0 Å². The predicted molar refractivity (Wildman–Crippen MR) is 59.0 cm³/mol. The van der Waals surface area contributed by atoms with E-state index in [2.05, 4.69) is 31.7 Å². The summed E-state index contributed by atoms with van der Waals surface area (Å²) in [7, 11) is 0. The molecule has 0 saturated carbocycles. The minimum Gasteiger partial charge on any atom is -0.369 e. The van der Waals surface area contributed by atoms with Crippen molar-refractivity contribution in [2.75, 3.05) is 13.1 Å². The average Bonchev–Trinajstić information content (AvgIpc) is 2.14. The normalized spacial score (nSPS) is 19.6. The SMILES string of the molecule is CC(C)(C)/C=C(/C=O)N1CCCCC1. The Labute approximate surface area is 87.0 Å². The summed E-state index contributed by atoms with van der Waals surface area (Å²) in [6.07, 6.45) is 6.81. The van der Waals surface area contributed by atoms with Gasteiger partial charge in [-0.1, -0.05) is 26.8 Å². The van der Waals surface area contributed by atoms with E-state index in [-0.39, 0.29) is 5.41 Å². The Balaban J connectivity index is 2.69. The summed E-state index contributed by atoms with van der Waals surface area (Å²) in [5, 5.41) is 0. The van der Waals surface area contributed by atoms with Gasteiger partial charge in [0.1, 0.15) is 0 Å². The average molecular weight is 195 g/mol. The number of hydrogen-bond donors (Lipinski definition) is 0. The van der Waals surface area contributed by atoms with Gasteiger partial charge in [-0.3, -0.25) is 4.79 Å². The largest absolute Gasteiger partial charge is 0.369 e. The molecule has 0 N–H and O–H groups in total. The molecule has 1 fully saturated rings. The maximum Gasteiger partial charge on any atom is 0.165 e. The third-order valence-corrected chi connectivity index (χ3v) is 2.42. The van der Waals surface area contributed by atoms with Crippen molar-refractivity contribution in [1.29, 1.82) is 0 Å². The van der Waals surface area contributed by atoms with Gasteiger partial charge < -0.3 is 4.90 Å². The molecule has 0 atom stereocenters. The number of allylic oxidation sites excluding steroid dienone is 2. The summed E-state index contributed by atoms with van der Waals surface area (Å²) >= 11 is 0. The first-order valence-corrected chi connectivity index (χ1v) is 5.46. The second-order valence-corrected chi connectivity index (χ2v) is 5.10. The fraction of sp³-hybridized carbons (Fsp3) is 0.750. The molecule has 1 aliphatic rings. The molecule has 0 aromatic carbocycles. The molecule has 1 rings (SSSR count). The van der Waals surface area contributed by atoms with E-state index in [4.69, 9.17) is 0 Å². The van der Waals surface area contributed by atoms with Crippen LogP contribution in [0.5, 0.6) is 0 Å². The Morgan fingerprint density at radius 1 is 1.14 bits per heavy atom. The first-order chi connectivity index (χ1) is 6.53. The van der Waals surface area contributed by atoms with E-state index in [1.807, 2.05) is 0 Å². The quantitative estimate of drug-likeness (QED) is 0.498. The molecule has 2 nitrogen and oxygen atoms in total. The van der Waals surface area contributed by atoms with Crippen LogP contribution in [-0.2, 0) is 4.79 Å². The van der Waals surface area contributed by atoms with Crippen molar-refractivity contribution >= 4 is 6.29 Å². The van der Waals surface area contributed by atoms with Crippen molar-refractivity contribution in [1.82, 2.24) is 4.90 Å². The lowest BCUT2D eigenvalue weighted by Gasteiger charge is -2.30. The van der Waals surface area contributed by atoms with Gasteiger partial charge in [0.2, 0.25) is 0 Å². The molecule has 1 aliphatic heterocycles. The van der Waals surface area contributed by atoms with E-state index in [0.29, 0.717) is 0 Å². The predicted octanol–water partition coefficient (Wildman–Crippen LogP) is 2.60. The minimum absolute atomic E-state index is 0.0910. The van der Waals surface area contributed by atoms with Crippen molar-refractivity contribution in [3.63, 3.8) is 0 Å². The van der Waals surface area contributed by atoms with Crippen LogP contribution in [0.2, 0.25) is 0 Å². The van der Waals surface area contributed by atoms with E-state index in [1.165, 1.54) is 19.3 Å². The Morgan fingerprint density at radius 2 is 1.71 bits per heavy atom. The van der Waals surface area contributed by atoms with E-state index in [0.717, 1.165) is 25.1 Å². The van der Waals surface area contributed by atoms with Crippen molar-refractivity contribution in [3.05, 3.63) is 11.8 Å². The highest BCUT2D eigenvalue weighted by molar-refractivity contribution is 5.72. The lowest BCUT2D eigenvalue weighted by molar-refractivity contribution is -0.106. The van der Waals surface area contributed by atoms with E-state index < -0.39 is 0 Å². The first-order valence-electron chi connectivity index (χ1n) is 5.46. The highest BCUT2D eigenvalue weighted by Crippen LogP contribution is 2.21. The second kappa shape index (κ2) is 4.63. The van der Waals surface area contributed by atoms with Crippen LogP contribution in [0.15, 0.2) is 11.8 Å². The third-order valence-electron chi connectivity index (χ3n) is 2.42. The summed E-state index contributed by atoms with van der Waals surface area (Å²) in [5.74, 6) is 0. The van der Waals surface area contributed by atoms with Gasteiger partial charge in [-0.05, 0) is 24.7 Å². The Hall–Kier alpha value is -0.790. The Morgan fingerprint density at radius 3 is 2.14 bits per heavy atom. The van der Waals surface area contributed by atoms with Gasteiger partial charge >= 0.3 is 0 Å². The van der Waals surface area contributed by atoms with Crippen molar-refractivity contribution in [2.45, 2.75) is 40.0 Å². The number of likely N-dealkylation sites (tertiary alicyclic amines) is 1. The number of carbonyl (C=O) groups is 1. The number of piperidine rings is 1. The highest BCUT2D eigenvalue weighted by Gasteiger charge is 2.15. The maximum atomic E-state index is 11.0. The van der Waals surface area contributed by atoms with Crippen LogP contribution >= 0.6 is 0 Å². The van der Waals surface area contributed by atoms with E-state index in [9.17, 15) is 4.79 Å². The fourth-order valence-electron chi connectivity index (χ4n) is 1.80. The van der Waals surface area contributed by atoms with Gasteiger partial charge in [-0.25, -0.2) is 0 Å². The third kappa shape index (κ3) is 3.52. The lowest BCUT2D eigenvalue weighted by atomic mass is 9.95. The van der Waals surface area contributed by atoms with Crippen LogP contribution in [-0.4, -0.2) is 24.3 Å². The number of hydrogen-bond acceptors (Lipinski definition) is 2. The van der Waals surface area contributed by atoms with E-state index in [1.54, 1.807) is 0 Å². The van der Waals surface area contributed by atoms with Crippen LogP contribution < -0.4 is 0 Å². The molecule has 1 heterocycles. The number of carbonyl (C=O) groups excluding carboxylic acids is 1.